The maximum absolute atomic E-state index is 5.73. The van der Waals surface area contributed by atoms with E-state index in [0.717, 1.165) is 34.9 Å². The fraction of sp³-hybridized carbons (Fsp3) is 0.250. The Morgan fingerprint density at radius 1 is 1.05 bits per heavy atom. The van der Waals surface area contributed by atoms with Gasteiger partial charge in [0.05, 0.1) is 6.54 Å². The van der Waals surface area contributed by atoms with Crippen molar-refractivity contribution in [1.29, 1.82) is 0 Å². The Kier molecular flexibility index (Phi) is 2.93. The molecule has 0 bridgehead atoms. The number of nitrogen functional groups attached to an aromatic ring is 1. The summed E-state index contributed by atoms with van der Waals surface area (Å²) >= 11 is 0. The second kappa shape index (κ2) is 4.63. The molecule has 2 heterocycles. The monoisotopic (exact) mass is 266 g/mol. The first-order valence-electron chi connectivity index (χ1n) is 6.70. The van der Waals surface area contributed by atoms with E-state index in [9.17, 15) is 0 Å². The van der Waals surface area contributed by atoms with Crippen LogP contribution < -0.4 is 5.73 Å². The Morgan fingerprint density at radius 2 is 1.75 bits per heavy atom. The molecule has 0 amide bonds. The highest BCUT2D eigenvalue weighted by Gasteiger charge is 2.11. The highest BCUT2D eigenvalue weighted by atomic mass is 15.1. The van der Waals surface area contributed by atoms with Crippen molar-refractivity contribution in [2.24, 2.45) is 0 Å². The molecule has 3 rings (SSSR count). The number of nitrogens with two attached hydrogens (primary N) is 1. The van der Waals surface area contributed by atoms with Crippen LogP contribution in [-0.2, 0) is 6.54 Å². The number of aromatic nitrogens is 3. The predicted molar refractivity (Wildman–Crippen MR) is 81.7 cm³/mol. The van der Waals surface area contributed by atoms with Gasteiger partial charge in [0, 0.05) is 11.4 Å². The average Bonchev–Trinajstić information content (AvgIpc) is 2.70. The summed E-state index contributed by atoms with van der Waals surface area (Å²) in [6.45, 7) is 6.88. The molecule has 102 valence electrons. The van der Waals surface area contributed by atoms with Crippen LogP contribution in [0.4, 0.5) is 5.69 Å². The van der Waals surface area contributed by atoms with Crippen LogP contribution in [0.5, 0.6) is 0 Å². The normalized spacial score (nSPS) is 11.2. The number of hydrogen-bond acceptors (Lipinski definition) is 3. The molecule has 0 saturated heterocycles. The SMILES string of the molecule is Cc1cc(C)c2nc(C)n(Cc3ccc(N)cc3)c2n1. The number of benzene rings is 1. The van der Waals surface area contributed by atoms with E-state index in [-0.39, 0.29) is 0 Å². The Morgan fingerprint density at radius 3 is 2.45 bits per heavy atom. The van der Waals surface area contributed by atoms with Gasteiger partial charge in [0.25, 0.3) is 0 Å². The molecule has 1 aromatic carbocycles. The van der Waals surface area contributed by atoms with Gasteiger partial charge in [-0.15, -0.1) is 0 Å². The fourth-order valence-electron chi connectivity index (χ4n) is 2.51. The summed E-state index contributed by atoms with van der Waals surface area (Å²) in [6.07, 6.45) is 0. The van der Waals surface area contributed by atoms with Crippen molar-refractivity contribution >= 4 is 16.9 Å². The molecule has 0 aliphatic heterocycles. The molecule has 0 atom stereocenters. The van der Waals surface area contributed by atoms with Crippen molar-refractivity contribution in [2.45, 2.75) is 27.3 Å². The predicted octanol–water partition coefficient (Wildman–Crippen LogP) is 2.99. The van der Waals surface area contributed by atoms with Gasteiger partial charge in [0.1, 0.15) is 11.3 Å². The standard InChI is InChI=1S/C16H18N4/c1-10-8-11(2)18-16-15(10)19-12(3)20(16)9-13-4-6-14(17)7-5-13/h4-8H,9,17H2,1-3H3. The number of hydrogen-bond donors (Lipinski definition) is 1. The van der Waals surface area contributed by atoms with Crippen LogP contribution in [0.3, 0.4) is 0 Å². The number of imidazole rings is 1. The molecule has 0 fully saturated rings. The maximum Gasteiger partial charge on any atom is 0.160 e. The Balaban J connectivity index is 2.11. The summed E-state index contributed by atoms with van der Waals surface area (Å²) < 4.78 is 2.15. The summed E-state index contributed by atoms with van der Waals surface area (Å²) in [5.74, 6) is 0.984. The number of fused-ring (bicyclic) bond motifs is 1. The molecule has 2 N–H and O–H groups in total. The Labute approximate surface area is 118 Å². The lowest BCUT2D eigenvalue weighted by Gasteiger charge is -2.07. The van der Waals surface area contributed by atoms with Gasteiger partial charge in [-0.1, -0.05) is 12.1 Å². The molecule has 3 aromatic rings. The summed E-state index contributed by atoms with van der Waals surface area (Å²) in [5.41, 5.74) is 11.8. The third kappa shape index (κ3) is 2.13. The Hall–Kier alpha value is -2.36. The third-order valence-electron chi connectivity index (χ3n) is 3.53. The Bertz CT molecular complexity index is 769. The van der Waals surface area contributed by atoms with Crippen molar-refractivity contribution in [3.8, 4) is 0 Å². The maximum atomic E-state index is 5.73. The second-order valence-corrected chi connectivity index (χ2v) is 5.24. The molecular formula is C16H18N4. The average molecular weight is 266 g/mol. The number of rotatable bonds is 2. The van der Waals surface area contributed by atoms with E-state index in [1.165, 1.54) is 11.1 Å². The fourth-order valence-corrected chi connectivity index (χ4v) is 2.51. The van der Waals surface area contributed by atoms with Crippen LogP contribution in [0.25, 0.3) is 11.2 Å². The molecule has 20 heavy (non-hydrogen) atoms. The van der Waals surface area contributed by atoms with Crippen molar-refractivity contribution in [3.63, 3.8) is 0 Å². The zero-order valence-corrected chi connectivity index (χ0v) is 12.0. The lowest BCUT2D eigenvalue weighted by molar-refractivity contribution is 0.776. The molecule has 4 nitrogen and oxygen atoms in total. The smallest absolute Gasteiger partial charge is 0.160 e. The zero-order valence-electron chi connectivity index (χ0n) is 12.0. The van der Waals surface area contributed by atoms with Crippen LogP contribution in [0.2, 0.25) is 0 Å². The highest BCUT2D eigenvalue weighted by Crippen LogP contribution is 2.20. The van der Waals surface area contributed by atoms with Gasteiger partial charge in [-0.3, -0.25) is 0 Å². The number of anilines is 1. The topological polar surface area (TPSA) is 56.7 Å². The third-order valence-corrected chi connectivity index (χ3v) is 3.53. The van der Waals surface area contributed by atoms with Crippen LogP contribution >= 0.6 is 0 Å². The summed E-state index contributed by atoms with van der Waals surface area (Å²) in [4.78, 5) is 9.29. The summed E-state index contributed by atoms with van der Waals surface area (Å²) in [6, 6.07) is 10.0. The number of nitrogens with zero attached hydrogens (tertiary/aromatic N) is 3. The van der Waals surface area contributed by atoms with Gasteiger partial charge in [-0.2, -0.15) is 0 Å². The first-order valence-corrected chi connectivity index (χ1v) is 6.70. The summed E-state index contributed by atoms with van der Waals surface area (Å²) in [5, 5.41) is 0. The van der Waals surface area contributed by atoms with E-state index < -0.39 is 0 Å². The zero-order chi connectivity index (χ0) is 14.3. The molecule has 0 unspecified atom stereocenters. The second-order valence-electron chi connectivity index (χ2n) is 5.24. The van der Waals surface area contributed by atoms with E-state index in [1.807, 2.05) is 38.1 Å². The van der Waals surface area contributed by atoms with Gasteiger partial charge in [0.2, 0.25) is 0 Å². The van der Waals surface area contributed by atoms with Crippen molar-refractivity contribution in [1.82, 2.24) is 14.5 Å². The van der Waals surface area contributed by atoms with Gasteiger partial charge in [-0.25, -0.2) is 9.97 Å². The lowest BCUT2D eigenvalue weighted by atomic mass is 10.2. The lowest BCUT2D eigenvalue weighted by Crippen LogP contribution is -2.03. The molecular weight excluding hydrogens is 248 g/mol. The summed E-state index contributed by atoms with van der Waals surface area (Å²) in [7, 11) is 0. The molecule has 2 aromatic heterocycles. The molecule has 4 heteroatoms. The first kappa shape index (κ1) is 12.7. The van der Waals surface area contributed by atoms with Gasteiger partial charge >= 0.3 is 0 Å². The van der Waals surface area contributed by atoms with E-state index >= 15 is 0 Å². The van der Waals surface area contributed by atoms with Crippen LogP contribution in [0.1, 0.15) is 22.6 Å². The number of aryl methyl sites for hydroxylation is 3. The molecule has 0 radical (unpaired) electrons. The van der Waals surface area contributed by atoms with Crippen molar-refractivity contribution in [3.05, 3.63) is 53.0 Å². The van der Waals surface area contributed by atoms with Crippen molar-refractivity contribution < 1.29 is 0 Å². The first-order chi connectivity index (χ1) is 9.54. The highest BCUT2D eigenvalue weighted by molar-refractivity contribution is 5.75. The largest absolute Gasteiger partial charge is 0.399 e. The number of pyridine rings is 1. The quantitative estimate of drug-likeness (QED) is 0.725. The van der Waals surface area contributed by atoms with E-state index in [0.29, 0.717) is 0 Å². The van der Waals surface area contributed by atoms with E-state index in [1.54, 1.807) is 0 Å². The molecule has 0 aliphatic rings. The van der Waals surface area contributed by atoms with Crippen LogP contribution in [0.15, 0.2) is 30.3 Å². The van der Waals surface area contributed by atoms with E-state index in [2.05, 4.69) is 27.5 Å². The van der Waals surface area contributed by atoms with E-state index in [4.69, 9.17) is 5.73 Å². The molecule has 0 saturated carbocycles. The van der Waals surface area contributed by atoms with Crippen LogP contribution in [-0.4, -0.2) is 14.5 Å². The van der Waals surface area contributed by atoms with Crippen LogP contribution in [0, 0.1) is 20.8 Å². The molecule has 0 aliphatic carbocycles. The minimum Gasteiger partial charge on any atom is -0.399 e. The van der Waals surface area contributed by atoms with Gasteiger partial charge in [-0.05, 0) is 50.1 Å². The minimum atomic E-state index is 0.762. The van der Waals surface area contributed by atoms with Gasteiger partial charge < -0.3 is 10.3 Å². The minimum absolute atomic E-state index is 0.762. The van der Waals surface area contributed by atoms with Gasteiger partial charge in [0.15, 0.2) is 5.65 Å². The van der Waals surface area contributed by atoms with Crippen molar-refractivity contribution in [2.75, 3.05) is 5.73 Å². The molecule has 0 spiro atoms.